The van der Waals surface area contributed by atoms with Gasteiger partial charge in [0.1, 0.15) is 12.2 Å². The Balaban J connectivity index is 3.05. The Morgan fingerprint density at radius 3 is 2.53 bits per heavy atom. The fraction of sp³-hybridized carbons (Fsp3) is 0.727. The predicted octanol–water partition coefficient (Wildman–Crippen LogP) is 0.873. The maximum atomic E-state index is 11.1. The molecule has 2 atom stereocenters. The molecule has 0 aliphatic heterocycles. The van der Waals surface area contributed by atoms with Gasteiger partial charge in [-0.1, -0.05) is 20.8 Å². The highest BCUT2D eigenvalue weighted by atomic mass is 16.4. The molecule has 96 valence electrons. The number of hydrogen-bond donors (Lipinski definition) is 2. The summed E-state index contributed by atoms with van der Waals surface area (Å²) in [4.78, 5) is 11.1. The van der Waals surface area contributed by atoms with Crippen molar-refractivity contribution in [3.63, 3.8) is 0 Å². The Labute approximate surface area is 100 Å². The van der Waals surface area contributed by atoms with Crippen molar-refractivity contribution in [1.29, 1.82) is 0 Å². The summed E-state index contributed by atoms with van der Waals surface area (Å²) < 4.78 is 1.43. The number of hydrogen-bond acceptors (Lipinski definition) is 4. The maximum Gasteiger partial charge on any atom is 0.329 e. The highest BCUT2D eigenvalue weighted by Gasteiger charge is 2.28. The van der Waals surface area contributed by atoms with Gasteiger partial charge in [0.2, 0.25) is 0 Å². The van der Waals surface area contributed by atoms with Crippen LogP contribution in [0.5, 0.6) is 0 Å². The molecule has 0 bridgehead atoms. The fourth-order valence-corrected chi connectivity index (χ4v) is 1.66. The Morgan fingerprint density at radius 2 is 2.12 bits per heavy atom. The summed E-state index contributed by atoms with van der Waals surface area (Å²) in [7, 11) is 0. The van der Waals surface area contributed by atoms with Crippen molar-refractivity contribution in [2.75, 3.05) is 0 Å². The van der Waals surface area contributed by atoms with Gasteiger partial charge < -0.3 is 14.8 Å². The van der Waals surface area contributed by atoms with Crippen molar-refractivity contribution in [3.05, 3.63) is 12.2 Å². The van der Waals surface area contributed by atoms with Gasteiger partial charge in [-0.2, -0.15) is 0 Å². The van der Waals surface area contributed by atoms with Crippen molar-refractivity contribution in [2.45, 2.75) is 46.3 Å². The summed E-state index contributed by atoms with van der Waals surface area (Å²) in [5, 5.41) is 26.3. The van der Waals surface area contributed by atoms with Gasteiger partial charge in [0.05, 0.1) is 6.10 Å². The topological polar surface area (TPSA) is 88.2 Å². The molecule has 0 saturated heterocycles. The first-order chi connectivity index (χ1) is 7.72. The first-order valence-electron chi connectivity index (χ1n) is 5.51. The molecule has 0 fully saturated rings. The molecule has 17 heavy (non-hydrogen) atoms. The van der Waals surface area contributed by atoms with Crippen LogP contribution in [0.2, 0.25) is 0 Å². The normalized spacial score (nSPS) is 15.6. The summed E-state index contributed by atoms with van der Waals surface area (Å²) >= 11 is 0. The van der Waals surface area contributed by atoms with Crippen LogP contribution in [-0.4, -0.2) is 37.1 Å². The Morgan fingerprint density at radius 1 is 1.53 bits per heavy atom. The zero-order valence-electron chi connectivity index (χ0n) is 10.6. The molecule has 0 radical (unpaired) electrons. The molecule has 6 nitrogen and oxygen atoms in total. The van der Waals surface area contributed by atoms with Crippen LogP contribution in [0.1, 0.15) is 39.6 Å². The largest absolute Gasteiger partial charge is 0.480 e. The molecule has 0 saturated carbocycles. The van der Waals surface area contributed by atoms with Gasteiger partial charge in [0.25, 0.3) is 0 Å². The molecule has 2 N–H and O–H groups in total. The smallest absolute Gasteiger partial charge is 0.329 e. The maximum absolute atomic E-state index is 11.1. The minimum atomic E-state index is -1.09. The SMILES string of the molecule is CC(O)C(C(=O)O)n1cnnc1CC(C)(C)C. The highest BCUT2D eigenvalue weighted by Crippen LogP contribution is 2.22. The monoisotopic (exact) mass is 241 g/mol. The molecule has 0 spiro atoms. The van der Waals surface area contributed by atoms with E-state index in [1.807, 2.05) is 20.8 Å². The van der Waals surface area contributed by atoms with E-state index in [4.69, 9.17) is 5.11 Å². The third kappa shape index (κ3) is 3.52. The Hall–Kier alpha value is -1.43. The summed E-state index contributed by atoms with van der Waals surface area (Å²) in [5.41, 5.74) is -0.0213. The average molecular weight is 241 g/mol. The molecule has 6 heteroatoms. The average Bonchev–Trinajstić information content (AvgIpc) is 2.48. The van der Waals surface area contributed by atoms with Crippen molar-refractivity contribution < 1.29 is 15.0 Å². The van der Waals surface area contributed by atoms with E-state index < -0.39 is 18.1 Å². The number of nitrogens with zero attached hydrogens (tertiary/aromatic N) is 3. The van der Waals surface area contributed by atoms with Crippen LogP contribution in [-0.2, 0) is 11.2 Å². The van der Waals surface area contributed by atoms with Gasteiger partial charge in [-0.25, -0.2) is 4.79 Å². The summed E-state index contributed by atoms with van der Waals surface area (Å²) in [5.74, 6) is -0.513. The number of aliphatic carboxylic acids is 1. The van der Waals surface area contributed by atoms with Crippen LogP contribution in [0.25, 0.3) is 0 Å². The molecule has 0 aliphatic rings. The predicted molar refractivity (Wildman–Crippen MR) is 61.5 cm³/mol. The number of carboxylic acids is 1. The second-order valence-corrected chi connectivity index (χ2v) is 5.42. The number of aliphatic hydroxyl groups is 1. The van der Waals surface area contributed by atoms with Crippen LogP contribution in [0.15, 0.2) is 6.33 Å². The lowest BCUT2D eigenvalue weighted by molar-refractivity contribution is -0.144. The van der Waals surface area contributed by atoms with Gasteiger partial charge in [0.15, 0.2) is 6.04 Å². The molecule has 0 amide bonds. The Kier molecular flexibility index (Phi) is 3.87. The number of carboxylic acid groups (broad SMARTS) is 1. The number of aromatic nitrogens is 3. The lowest BCUT2D eigenvalue weighted by Crippen LogP contribution is -2.31. The van der Waals surface area contributed by atoms with Crippen LogP contribution in [0.4, 0.5) is 0 Å². The van der Waals surface area contributed by atoms with Crippen LogP contribution in [0.3, 0.4) is 0 Å². The van der Waals surface area contributed by atoms with E-state index in [0.29, 0.717) is 12.2 Å². The second-order valence-electron chi connectivity index (χ2n) is 5.42. The van der Waals surface area contributed by atoms with Crippen molar-refractivity contribution in [1.82, 2.24) is 14.8 Å². The van der Waals surface area contributed by atoms with Gasteiger partial charge in [-0.15, -0.1) is 10.2 Å². The number of rotatable bonds is 4. The zero-order chi connectivity index (χ0) is 13.2. The molecule has 1 rings (SSSR count). The summed E-state index contributed by atoms with van der Waals surface area (Å²) in [6, 6.07) is -1.04. The van der Waals surface area contributed by atoms with Crippen molar-refractivity contribution in [3.8, 4) is 0 Å². The van der Waals surface area contributed by atoms with E-state index >= 15 is 0 Å². The van der Waals surface area contributed by atoms with E-state index in [9.17, 15) is 9.90 Å². The van der Waals surface area contributed by atoms with E-state index in [1.165, 1.54) is 17.8 Å². The molecule has 1 aromatic rings. The third-order valence-electron chi connectivity index (χ3n) is 2.35. The Bertz CT molecular complexity index is 393. The van der Waals surface area contributed by atoms with E-state index in [2.05, 4.69) is 10.2 Å². The molecular formula is C11H19N3O3. The quantitative estimate of drug-likeness (QED) is 0.816. The first-order valence-corrected chi connectivity index (χ1v) is 5.51. The third-order valence-corrected chi connectivity index (χ3v) is 2.35. The van der Waals surface area contributed by atoms with Crippen LogP contribution in [0, 0.1) is 5.41 Å². The molecule has 1 heterocycles. The van der Waals surface area contributed by atoms with Crippen LogP contribution >= 0.6 is 0 Å². The van der Waals surface area contributed by atoms with Crippen LogP contribution < -0.4 is 0 Å². The number of carbonyl (C=O) groups is 1. The molecular weight excluding hydrogens is 222 g/mol. The highest BCUT2D eigenvalue weighted by molar-refractivity contribution is 5.72. The molecule has 2 unspecified atom stereocenters. The lowest BCUT2D eigenvalue weighted by atomic mass is 9.92. The minimum Gasteiger partial charge on any atom is -0.480 e. The standard InChI is InChI=1S/C11H19N3O3/c1-7(15)9(10(16)17)14-6-12-13-8(14)5-11(2,3)4/h6-7,9,15H,5H2,1-4H3,(H,16,17). The second kappa shape index (κ2) is 4.83. The zero-order valence-corrected chi connectivity index (χ0v) is 10.6. The number of aliphatic hydroxyl groups excluding tert-OH is 1. The van der Waals surface area contributed by atoms with Gasteiger partial charge >= 0.3 is 5.97 Å². The van der Waals surface area contributed by atoms with Crippen molar-refractivity contribution in [2.24, 2.45) is 5.41 Å². The lowest BCUT2D eigenvalue weighted by Gasteiger charge is -2.22. The molecule has 1 aromatic heterocycles. The summed E-state index contributed by atoms with van der Waals surface area (Å²) in [6.07, 6.45) is 0.956. The van der Waals surface area contributed by atoms with Gasteiger partial charge in [0, 0.05) is 6.42 Å². The fourth-order valence-electron chi connectivity index (χ4n) is 1.66. The van der Waals surface area contributed by atoms with Gasteiger partial charge in [-0.3, -0.25) is 0 Å². The van der Waals surface area contributed by atoms with E-state index in [0.717, 1.165) is 0 Å². The molecule has 0 aliphatic carbocycles. The van der Waals surface area contributed by atoms with Gasteiger partial charge in [-0.05, 0) is 12.3 Å². The van der Waals surface area contributed by atoms with E-state index in [-0.39, 0.29) is 5.41 Å². The summed E-state index contributed by atoms with van der Waals surface area (Å²) in [6.45, 7) is 7.54. The van der Waals surface area contributed by atoms with Crippen molar-refractivity contribution >= 4 is 5.97 Å². The van der Waals surface area contributed by atoms with E-state index in [1.54, 1.807) is 0 Å². The minimum absolute atomic E-state index is 0.0213. The first kappa shape index (κ1) is 13.6. The molecule has 0 aromatic carbocycles.